The molecule has 1 aliphatic rings. The average Bonchev–Trinajstić information content (AvgIpc) is 3.01. The van der Waals surface area contributed by atoms with Gasteiger partial charge in [-0.2, -0.15) is 0 Å². The van der Waals surface area contributed by atoms with Crippen molar-refractivity contribution in [2.24, 2.45) is 17.2 Å². The zero-order valence-electron chi connectivity index (χ0n) is 24.2. The standard InChI is InChI=1S/C29H41N7O8/c30-7-1-2-21-28(43)35-22(29(44)36-23(14-37)27(42)33-13-19(38)12-31)11-18-9-16(4-6-25(18)40)15-3-5-24(39)17(8-15)10-20(32)26(41)34-21/h3-6,8-9,19-23,37-40H,1-2,7,10-14,30-32H2,(H,33,42)(H,34,41)(H,35,43)(H,36,44)/t19?,20-,21-,22?,23?/m0/s1. The lowest BCUT2D eigenvalue weighted by molar-refractivity contribution is -0.134. The zero-order valence-corrected chi connectivity index (χ0v) is 24.2. The Morgan fingerprint density at radius 1 is 0.955 bits per heavy atom. The van der Waals surface area contributed by atoms with Crippen LogP contribution in [0.25, 0.3) is 11.1 Å². The van der Waals surface area contributed by atoms with E-state index in [1.165, 1.54) is 12.1 Å². The van der Waals surface area contributed by atoms with Crippen LogP contribution in [0.15, 0.2) is 36.4 Å². The molecule has 0 spiro atoms. The van der Waals surface area contributed by atoms with E-state index in [1.54, 1.807) is 24.3 Å². The third kappa shape index (κ3) is 9.11. The highest BCUT2D eigenvalue weighted by Crippen LogP contribution is 2.31. The van der Waals surface area contributed by atoms with Crippen LogP contribution in [-0.2, 0) is 32.0 Å². The summed E-state index contributed by atoms with van der Waals surface area (Å²) in [6.07, 6.45) is -0.866. The topological polar surface area (TPSA) is 275 Å². The molecule has 14 N–H and O–H groups in total. The summed E-state index contributed by atoms with van der Waals surface area (Å²) in [4.78, 5) is 52.6. The van der Waals surface area contributed by atoms with Gasteiger partial charge in [-0.05, 0) is 65.9 Å². The summed E-state index contributed by atoms with van der Waals surface area (Å²) >= 11 is 0. The lowest BCUT2D eigenvalue weighted by Crippen LogP contribution is -2.59. The highest BCUT2D eigenvalue weighted by molar-refractivity contribution is 5.95. The third-order valence-electron chi connectivity index (χ3n) is 7.26. The predicted molar refractivity (Wildman–Crippen MR) is 160 cm³/mol. The first-order valence-electron chi connectivity index (χ1n) is 14.2. The van der Waals surface area contributed by atoms with Crippen LogP contribution in [-0.4, -0.2) is 101 Å². The van der Waals surface area contributed by atoms with E-state index in [0.717, 1.165) is 0 Å². The largest absolute Gasteiger partial charge is 0.508 e. The molecule has 0 radical (unpaired) electrons. The quantitative estimate of drug-likeness (QED) is 0.127. The smallest absolute Gasteiger partial charge is 0.245 e. The van der Waals surface area contributed by atoms with Crippen molar-refractivity contribution in [3.63, 3.8) is 0 Å². The molecular weight excluding hydrogens is 574 g/mol. The molecule has 3 rings (SSSR count). The van der Waals surface area contributed by atoms with Crippen LogP contribution in [0.4, 0.5) is 0 Å². The van der Waals surface area contributed by atoms with Crippen LogP contribution >= 0.6 is 0 Å². The minimum Gasteiger partial charge on any atom is -0.508 e. The number of phenolic OH excluding ortho intramolecular Hbond substituents is 2. The van der Waals surface area contributed by atoms with E-state index in [4.69, 9.17) is 17.2 Å². The molecular formula is C29H41N7O8. The van der Waals surface area contributed by atoms with E-state index < -0.39 is 60.5 Å². The number of aromatic hydroxyl groups is 2. The minimum atomic E-state index is -1.44. The Labute approximate surface area is 254 Å². The fourth-order valence-electron chi connectivity index (χ4n) is 4.65. The van der Waals surface area contributed by atoms with Gasteiger partial charge in [0.15, 0.2) is 0 Å². The number of carbonyl (C=O) groups is 4. The Hall–Kier alpha value is -4.28. The third-order valence-corrected chi connectivity index (χ3v) is 7.26. The first-order valence-corrected chi connectivity index (χ1v) is 14.2. The van der Waals surface area contributed by atoms with E-state index in [2.05, 4.69) is 21.3 Å². The molecule has 3 unspecified atom stereocenters. The molecule has 44 heavy (non-hydrogen) atoms. The summed E-state index contributed by atoms with van der Waals surface area (Å²) in [6, 6.07) is 4.29. The van der Waals surface area contributed by atoms with E-state index in [9.17, 15) is 39.6 Å². The Balaban J connectivity index is 2.02. The van der Waals surface area contributed by atoms with Gasteiger partial charge >= 0.3 is 0 Å². The number of fused-ring (bicyclic) bond motifs is 5. The van der Waals surface area contributed by atoms with Gasteiger partial charge in [-0.1, -0.05) is 12.1 Å². The maximum Gasteiger partial charge on any atom is 0.245 e. The first kappa shape index (κ1) is 34.2. The van der Waals surface area contributed by atoms with E-state index in [-0.39, 0.29) is 56.0 Å². The van der Waals surface area contributed by atoms with Crippen LogP contribution in [0, 0.1) is 0 Å². The number of nitrogens with two attached hydrogens (primary N) is 3. The van der Waals surface area contributed by atoms with Gasteiger partial charge in [-0.3, -0.25) is 19.2 Å². The Morgan fingerprint density at radius 3 is 2.14 bits per heavy atom. The molecule has 0 saturated carbocycles. The predicted octanol–water partition coefficient (Wildman–Crippen LogP) is -3.19. The number of amides is 4. The van der Waals surface area contributed by atoms with Gasteiger partial charge < -0.3 is 58.9 Å². The summed E-state index contributed by atoms with van der Waals surface area (Å²) in [7, 11) is 0. The Bertz CT molecular complexity index is 1340. The second kappa shape index (κ2) is 16.0. The maximum atomic E-state index is 13.5. The van der Waals surface area contributed by atoms with Gasteiger partial charge in [-0.15, -0.1) is 0 Å². The number of benzene rings is 2. The monoisotopic (exact) mass is 615 g/mol. The van der Waals surface area contributed by atoms with Gasteiger partial charge in [0.25, 0.3) is 0 Å². The summed E-state index contributed by atoms with van der Waals surface area (Å²) in [5.74, 6) is -3.33. The Morgan fingerprint density at radius 2 is 1.57 bits per heavy atom. The van der Waals surface area contributed by atoms with Crippen LogP contribution in [0.1, 0.15) is 24.0 Å². The number of carbonyl (C=O) groups excluding carboxylic acids is 4. The van der Waals surface area contributed by atoms with Crippen molar-refractivity contribution in [1.29, 1.82) is 0 Å². The number of aliphatic hydroxyl groups is 2. The van der Waals surface area contributed by atoms with E-state index in [0.29, 0.717) is 23.1 Å². The lowest BCUT2D eigenvalue weighted by Gasteiger charge is -2.26. The van der Waals surface area contributed by atoms with Gasteiger partial charge in [-0.25, -0.2) is 0 Å². The molecule has 2 aromatic rings. The average molecular weight is 616 g/mol. The second-order valence-corrected chi connectivity index (χ2v) is 10.6. The number of rotatable bonds is 10. The molecule has 0 saturated heterocycles. The molecule has 15 heteroatoms. The van der Waals surface area contributed by atoms with Gasteiger partial charge in [0.2, 0.25) is 23.6 Å². The Kier molecular flexibility index (Phi) is 12.4. The van der Waals surface area contributed by atoms with Gasteiger partial charge in [0.1, 0.15) is 29.6 Å². The lowest BCUT2D eigenvalue weighted by atomic mass is 9.95. The molecule has 1 aliphatic heterocycles. The zero-order chi connectivity index (χ0) is 32.4. The highest BCUT2D eigenvalue weighted by Gasteiger charge is 2.31. The molecule has 15 nitrogen and oxygen atoms in total. The van der Waals surface area contributed by atoms with Gasteiger partial charge in [0.05, 0.1) is 18.8 Å². The molecule has 0 fully saturated rings. The maximum absolute atomic E-state index is 13.5. The van der Waals surface area contributed by atoms with E-state index >= 15 is 0 Å². The van der Waals surface area contributed by atoms with Crippen LogP contribution in [0.2, 0.25) is 0 Å². The van der Waals surface area contributed by atoms with Crippen LogP contribution in [0.3, 0.4) is 0 Å². The van der Waals surface area contributed by atoms with Crippen molar-refractivity contribution in [3.8, 4) is 22.6 Å². The summed E-state index contributed by atoms with van der Waals surface area (Å²) < 4.78 is 0. The first-order chi connectivity index (χ1) is 21.0. The number of hydrogen-bond donors (Lipinski definition) is 11. The van der Waals surface area contributed by atoms with E-state index in [1.807, 2.05) is 0 Å². The van der Waals surface area contributed by atoms with Crippen molar-refractivity contribution in [3.05, 3.63) is 47.5 Å². The molecule has 0 aromatic heterocycles. The summed E-state index contributed by atoms with van der Waals surface area (Å²) in [6.45, 7) is -0.922. The molecule has 5 atom stereocenters. The minimum absolute atomic E-state index is 0.0420. The molecule has 4 bridgehead atoms. The second-order valence-electron chi connectivity index (χ2n) is 10.6. The number of nitrogens with one attached hydrogen (secondary N) is 4. The van der Waals surface area contributed by atoms with Gasteiger partial charge in [0, 0.05) is 25.9 Å². The fourth-order valence-corrected chi connectivity index (χ4v) is 4.65. The molecule has 4 amide bonds. The van der Waals surface area contributed by atoms with Crippen molar-refractivity contribution in [1.82, 2.24) is 21.3 Å². The summed E-state index contributed by atoms with van der Waals surface area (Å²) in [5.41, 5.74) is 19.0. The highest BCUT2D eigenvalue weighted by atomic mass is 16.3. The summed E-state index contributed by atoms with van der Waals surface area (Å²) in [5, 5.41) is 50.5. The normalized spacial score (nSPS) is 20.2. The van der Waals surface area contributed by atoms with Crippen molar-refractivity contribution < 1.29 is 39.6 Å². The van der Waals surface area contributed by atoms with Crippen molar-refractivity contribution in [2.45, 2.75) is 56.0 Å². The molecule has 2 aromatic carbocycles. The fraction of sp³-hybridized carbons (Fsp3) is 0.448. The molecule has 240 valence electrons. The number of hydrogen-bond acceptors (Lipinski definition) is 11. The SMILES string of the molecule is NCCC[C@@H]1NC(=O)[C@@H](N)Cc2cc(ccc2O)-c2ccc(O)c(c2)CC(C(=O)NC(CO)C(=O)NCC(O)CN)NC1=O. The van der Waals surface area contributed by atoms with Crippen LogP contribution < -0.4 is 38.5 Å². The number of phenols is 2. The molecule has 0 aliphatic carbocycles. The number of aliphatic hydroxyl groups excluding tert-OH is 2. The van der Waals surface area contributed by atoms with Crippen LogP contribution in [0.5, 0.6) is 11.5 Å². The van der Waals surface area contributed by atoms with Crippen molar-refractivity contribution in [2.75, 3.05) is 26.2 Å². The van der Waals surface area contributed by atoms with Crippen molar-refractivity contribution >= 4 is 23.6 Å². The molecule has 1 heterocycles.